The highest BCUT2D eigenvalue weighted by Crippen LogP contribution is 2.38. The number of anilines is 1. The fourth-order valence-corrected chi connectivity index (χ4v) is 7.51. The number of benzene rings is 1. The fraction of sp³-hybridized carbons (Fsp3) is 0.480. The number of fused-ring (bicyclic) bond motifs is 1. The van der Waals surface area contributed by atoms with Crippen LogP contribution in [-0.2, 0) is 32.5 Å². The van der Waals surface area contributed by atoms with Crippen molar-refractivity contribution < 1.29 is 32.3 Å². The minimum absolute atomic E-state index is 0.139. The minimum Gasteiger partial charge on any atom is -0.462 e. The number of amides is 2. The maximum atomic E-state index is 13.1. The Morgan fingerprint density at radius 2 is 1.89 bits per heavy atom. The normalized spacial score (nSPS) is 18.1. The Morgan fingerprint density at radius 1 is 1.16 bits per heavy atom. The molecule has 200 valence electrons. The molecule has 0 bridgehead atoms. The van der Waals surface area contributed by atoms with E-state index in [1.54, 1.807) is 6.92 Å². The molecule has 2 aliphatic rings. The van der Waals surface area contributed by atoms with Crippen LogP contribution in [0.1, 0.15) is 57.8 Å². The molecule has 0 saturated carbocycles. The fourth-order valence-electron chi connectivity index (χ4n) is 4.66. The Labute approximate surface area is 220 Å². The molecule has 2 aliphatic heterocycles. The number of rotatable bonds is 6. The number of piperidine rings is 1. The number of methoxy groups -OCH3 is 1. The zero-order valence-corrected chi connectivity index (χ0v) is 22.7. The summed E-state index contributed by atoms with van der Waals surface area (Å²) < 4.78 is 37.6. The summed E-state index contributed by atoms with van der Waals surface area (Å²) >= 11 is 1.21. The predicted molar refractivity (Wildman–Crippen MR) is 138 cm³/mol. The molecular weight excluding hydrogens is 518 g/mol. The topological polar surface area (TPSA) is 122 Å². The highest BCUT2D eigenvalue weighted by molar-refractivity contribution is 7.89. The van der Waals surface area contributed by atoms with Gasteiger partial charge in [-0.15, -0.1) is 11.3 Å². The highest BCUT2D eigenvalue weighted by Gasteiger charge is 2.32. The van der Waals surface area contributed by atoms with Gasteiger partial charge in [0, 0.05) is 30.1 Å². The number of sulfonamides is 1. The Balaban J connectivity index is 1.56. The lowest BCUT2D eigenvalue weighted by atomic mass is 10.0. The molecule has 10 nitrogen and oxygen atoms in total. The molecule has 2 aromatic rings. The lowest BCUT2D eigenvalue weighted by Gasteiger charge is -2.30. The maximum absolute atomic E-state index is 13.1. The van der Waals surface area contributed by atoms with Crippen LogP contribution in [0.3, 0.4) is 0 Å². The summed E-state index contributed by atoms with van der Waals surface area (Å²) in [5.41, 5.74) is 1.29. The van der Waals surface area contributed by atoms with Crippen LogP contribution < -0.4 is 5.32 Å². The largest absolute Gasteiger partial charge is 0.462 e. The van der Waals surface area contributed by atoms with Crippen LogP contribution in [0.4, 0.5) is 9.80 Å². The van der Waals surface area contributed by atoms with Gasteiger partial charge in [0.15, 0.2) is 0 Å². The predicted octanol–water partition coefficient (Wildman–Crippen LogP) is 3.72. The molecule has 37 heavy (non-hydrogen) atoms. The van der Waals surface area contributed by atoms with Gasteiger partial charge < -0.3 is 19.7 Å². The van der Waals surface area contributed by atoms with E-state index in [4.69, 9.17) is 9.47 Å². The number of esters is 1. The molecule has 1 aromatic heterocycles. The SMILES string of the molecule is CCOC(=O)c1c(NC(=O)c2ccc(S(=O)(=O)N3CCCC(C)C3)cc2)sc2c1CCN(C(=O)OC)C2. The summed E-state index contributed by atoms with van der Waals surface area (Å²) in [5, 5.41) is 3.13. The Hall–Kier alpha value is -2.96. The van der Waals surface area contributed by atoms with Crippen molar-refractivity contribution in [2.75, 3.05) is 38.7 Å². The van der Waals surface area contributed by atoms with Crippen molar-refractivity contribution in [2.24, 2.45) is 5.92 Å². The van der Waals surface area contributed by atoms with Crippen molar-refractivity contribution >= 4 is 44.3 Å². The number of hydrogen-bond donors (Lipinski definition) is 1. The number of carbonyl (C=O) groups is 3. The van der Waals surface area contributed by atoms with E-state index in [1.807, 2.05) is 6.92 Å². The zero-order chi connectivity index (χ0) is 26.7. The molecular formula is C25H31N3O7S2. The second kappa shape index (κ2) is 11.2. The molecule has 1 saturated heterocycles. The van der Waals surface area contributed by atoms with Crippen molar-refractivity contribution in [1.29, 1.82) is 0 Å². The standard InChI is InChI=1S/C25H31N3O7S2/c1-4-35-24(30)21-19-11-13-27(25(31)34-3)15-20(19)36-23(21)26-22(29)17-7-9-18(10-8-17)37(32,33)28-12-5-6-16(2)14-28/h7-10,16H,4-6,11-15H2,1-3H3,(H,26,29). The first kappa shape index (κ1) is 27.1. The number of nitrogens with zero attached hydrogens (tertiary/aromatic N) is 2. The lowest BCUT2D eigenvalue weighted by molar-refractivity contribution is 0.0526. The molecule has 1 atom stereocenters. The van der Waals surface area contributed by atoms with Crippen LogP contribution in [0.2, 0.25) is 0 Å². The van der Waals surface area contributed by atoms with E-state index in [0.717, 1.165) is 23.3 Å². The Kier molecular flexibility index (Phi) is 8.20. The second-order valence-corrected chi connectivity index (χ2v) is 12.2. The van der Waals surface area contributed by atoms with Crippen LogP contribution in [0.15, 0.2) is 29.2 Å². The van der Waals surface area contributed by atoms with Crippen LogP contribution in [-0.4, -0.2) is 68.9 Å². The van der Waals surface area contributed by atoms with Gasteiger partial charge in [-0.05, 0) is 61.9 Å². The van der Waals surface area contributed by atoms with Crippen molar-refractivity contribution in [3.8, 4) is 0 Å². The van der Waals surface area contributed by atoms with E-state index >= 15 is 0 Å². The van der Waals surface area contributed by atoms with E-state index in [-0.39, 0.29) is 29.2 Å². The summed E-state index contributed by atoms with van der Waals surface area (Å²) in [6, 6.07) is 5.80. The number of carbonyl (C=O) groups excluding carboxylic acids is 3. The van der Waals surface area contributed by atoms with Gasteiger partial charge in [-0.2, -0.15) is 4.31 Å². The zero-order valence-electron chi connectivity index (χ0n) is 21.1. The van der Waals surface area contributed by atoms with E-state index < -0.39 is 28.0 Å². The monoisotopic (exact) mass is 549 g/mol. The molecule has 1 fully saturated rings. The van der Waals surface area contributed by atoms with Crippen molar-refractivity contribution in [3.05, 3.63) is 45.8 Å². The lowest BCUT2D eigenvalue weighted by Crippen LogP contribution is -2.39. The Morgan fingerprint density at radius 3 is 2.54 bits per heavy atom. The molecule has 0 spiro atoms. The summed E-state index contributed by atoms with van der Waals surface area (Å²) in [6.45, 7) is 5.53. The first-order valence-electron chi connectivity index (χ1n) is 12.2. The first-order valence-corrected chi connectivity index (χ1v) is 14.5. The molecule has 1 N–H and O–H groups in total. The molecule has 1 unspecified atom stereocenters. The summed E-state index contributed by atoms with van der Waals surface area (Å²) in [7, 11) is -2.33. The average molecular weight is 550 g/mol. The summed E-state index contributed by atoms with van der Waals surface area (Å²) in [5.74, 6) is -0.720. The molecule has 4 rings (SSSR count). The summed E-state index contributed by atoms with van der Waals surface area (Å²) in [4.78, 5) is 40.3. The van der Waals surface area contributed by atoms with Crippen LogP contribution in [0, 0.1) is 5.92 Å². The van der Waals surface area contributed by atoms with E-state index in [9.17, 15) is 22.8 Å². The number of ether oxygens (including phenoxy) is 2. The quantitative estimate of drug-likeness (QED) is 0.545. The van der Waals surface area contributed by atoms with Crippen LogP contribution in [0.25, 0.3) is 0 Å². The molecule has 12 heteroatoms. The van der Waals surface area contributed by atoms with Gasteiger partial charge >= 0.3 is 12.1 Å². The van der Waals surface area contributed by atoms with Crippen molar-refractivity contribution in [2.45, 2.75) is 44.6 Å². The maximum Gasteiger partial charge on any atom is 0.409 e. The van der Waals surface area contributed by atoms with E-state index in [0.29, 0.717) is 37.0 Å². The minimum atomic E-state index is -3.64. The van der Waals surface area contributed by atoms with Gasteiger partial charge in [0.05, 0.1) is 30.7 Å². The van der Waals surface area contributed by atoms with E-state index in [2.05, 4.69) is 5.32 Å². The third kappa shape index (κ3) is 5.65. The highest BCUT2D eigenvalue weighted by atomic mass is 32.2. The number of nitrogens with one attached hydrogen (secondary N) is 1. The second-order valence-electron chi connectivity index (χ2n) is 9.16. The Bertz CT molecular complexity index is 1290. The average Bonchev–Trinajstić information content (AvgIpc) is 3.25. The molecule has 3 heterocycles. The van der Waals surface area contributed by atoms with Gasteiger partial charge in [0.1, 0.15) is 5.00 Å². The number of hydrogen-bond acceptors (Lipinski definition) is 8. The van der Waals surface area contributed by atoms with Crippen molar-refractivity contribution in [1.82, 2.24) is 9.21 Å². The van der Waals surface area contributed by atoms with Gasteiger partial charge in [-0.25, -0.2) is 18.0 Å². The van der Waals surface area contributed by atoms with Gasteiger partial charge in [0.25, 0.3) is 5.91 Å². The van der Waals surface area contributed by atoms with Gasteiger partial charge in [-0.1, -0.05) is 6.92 Å². The van der Waals surface area contributed by atoms with Crippen LogP contribution >= 0.6 is 11.3 Å². The third-order valence-corrected chi connectivity index (χ3v) is 9.58. The van der Waals surface area contributed by atoms with Crippen LogP contribution in [0.5, 0.6) is 0 Å². The third-order valence-electron chi connectivity index (χ3n) is 6.57. The smallest absolute Gasteiger partial charge is 0.409 e. The van der Waals surface area contributed by atoms with Gasteiger partial charge in [-0.3, -0.25) is 4.79 Å². The van der Waals surface area contributed by atoms with E-state index in [1.165, 1.54) is 51.9 Å². The van der Waals surface area contributed by atoms with Crippen molar-refractivity contribution in [3.63, 3.8) is 0 Å². The molecule has 0 radical (unpaired) electrons. The number of thiophene rings is 1. The molecule has 1 aromatic carbocycles. The summed E-state index contributed by atoms with van der Waals surface area (Å²) in [6.07, 6.45) is 1.79. The first-order chi connectivity index (χ1) is 17.6. The molecule has 0 aliphatic carbocycles. The molecule has 2 amide bonds. The van der Waals surface area contributed by atoms with Gasteiger partial charge in [0.2, 0.25) is 10.0 Å².